The van der Waals surface area contributed by atoms with Crippen molar-refractivity contribution < 1.29 is 0 Å². The summed E-state index contributed by atoms with van der Waals surface area (Å²) in [7, 11) is 0. The molecule has 1 aromatic heterocycles. The first kappa shape index (κ1) is 20.4. The van der Waals surface area contributed by atoms with Crippen molar-refractivity contribution in [3.05, 3.63) is 168 Å². The van der Waals surface area contributed by atoms with Gasteiger partial charge in [-0.25, -0.2) is 0 Å². The Morgan fingerprint density at radius 3 is 1.34 bits per heavy atom. The molecule has 5 rings (SSSR count). The van der Waals surface area contributed by atoms with Crippen molar-refractivity contribution in [2.24, 2.45) is 0 Å². The third-order valence-electron chi connectivity index (χ3n) is 5.86. The summed E-state index contributed by atoms with van der Waals surface area (Å²) >= 11 is 1.99. The number of hydrogen-bond acceptors (Lipinski definition) is 1. The lowest BCUT2D eigenvalue weighted by Gasteiger charge is -2.38. The molecule has 0 aliphatic heterocycles. The molecule has 0 radical (unpaired) electrons. The van der Waals surface area contributed by atoms with Crippen molar-refractivity contribution in [1.82, 2.24) is 4.98 Å². The van der Waals surface area contributed by atoms with Gasteiger partial charge < -0.3 is 4.98 Å². The number of rotatable bonds is 7. The van der Waals surface area contributed by atoms with Gasteiger partial charge in [0.1, 0.15) is 0 Å². The van der Waals surface area contributed by atoms with Gasteiger partial charge in [-0.2, -0.15) is 0 Å². The molecule has 0 fully saturated rings. The van der Waals surface area contributed by atoms with Crippen LogP contribution in [0.5, 0.6) is 0 Å². The van der Waals surface area contributed by atoms with E-state index in [4.69, 9.17) is 0 Å². The van der Waals surface area contributed by atoms with Crippen LogP contribution in [0.25, 0.3) is 0 Å². The van der Waals surface area contributed by atoms with E-state index >= 15 is 0 Å². The van der Waals surface area contributed by atoms with Crippen molar-refractivity contribution in [3.8, 4) is 0 Å². The lowest BCUT2D eigenvalue weighted by Crippen LogP contribution is -2.27. The highest BCUT2D eigenvalue weighted by atomic mass is 32.2. The molecular formula is C30H25NS. The van der Waals surface area contributed by atoms with Gasteiger partial charge >= 0.3 is 0 Å². The molecule has 0 aliphatic carbocycles. The van der Waals surface area contributed by atoms with Gasteiger partial charge in [-0.1, -0.05) is 121 Å². The van der Waals surface area contributed by atoms with Crippen LogP contribution >= 0.6 is 11.8 Å². The Kier molecular flexibility index (Phi) is 5.96. The molecule has 0 bridgehead atoms. The van der Waals surface area contributed by atoms with E-state index in [1.54, 1.807) is 0 Å². The quantitative estimate of drug-likeness (QED) is 0.260. The van der Waals surface area contributed by atoms with Crippen LogP contribution in [0.3, 0.4) is 0 Å². The Morgan fingerprint density at radius 1 is 0.500 bits per heavy atom. The highest BCUT2D eigenvalue weighted by Gasteiger charge is 2.40. The Labute approximate surface area is 194 Å². The number of benzene rings is 4. The molecule has 0 aliphatic rings. The van der Waals surface area contributed by atoms with Gasteiger partial charge in [0, 0.05) is 12.4 Å². The summed E-state index contributed by atoms with van der Waals surface area (Å²) in [4.78, 5) is 3.27. The Balaban J connectivity index is 1.78. The van der Waals surface area contributed by atoms with Crippen LogP contribution in [0.2, 0.25) is 0 Å². The number of thioether (sulfide) groups is 1. The maximum Gasteiger partial charge on any atom is 0.0916 e. The van der Waals surface area contributed by atoms with Gasteiger partial charge in [0.05, 0.1) is 10.00 Å². The summed E-state index contributed by atoms with van der Waals surface area (Å²) in [5.41, 5.74) is 6.40. The van der Waals surface area contributed by atoms with Crippen LogP contribution in [0, 0.1) is 0 Å². The van der Waals surface area contributed by atoms with Crippen LogP contribution < -0.4 is 0 Å². The SMILES string of the molecule is c1ccc(C(SC(c2ccccc2)(c2ccccc2)c2ccccc2)c2cc[nH]c2)cc1. The van der Waals surface area contributed by atoms with E-state index in [0.717, 1.165) is 0 Å². The first-order valence-electron chi connectivity index (χ1n) is 10.9. The molecule has 0 spiro atoms. The van der Waals surface area contributed by atoms with Crippen LogP contribution in [0.4, 0.5) is 0 Å². The molecule has 1 heterocycles. The zero-order valence-corrected chi connectivity index (χ0v) is 18.6. The first-order valence-corrected chi connectivity index (χ1v) is 11.8. The fourth-order valence-corrected chi connectivity index (χ4v) is 6.10. The van der Waals surface area contributed by atoms with Gasteiger partial charge in [0.25, 0.3) is 0 Å². The molecule has 1 nitrogen and oxygen atoms in total. The fourth-order valence-electron chi connectivity index (χ4n) is 4.36. The van der Waals surface area contributed by atoms with Crippen LogP contribution in [0.1, 0.15) is 33.1 Å². The Bertz CT molecular complexity index is 1120. The summed E-state index contributed by atoms with van der Waals surface area (Å²) in [6.07, 6.45) is 4.14. The minimum Gasteiger partial charge on any atom is -0.367 e. The zero-order valence-electron chi connectivity index (χ0n) is 17.8. The number of aromatic amines is 1. The van der Waals surface area contributed by atoms with Gasteiger partial charge in [0.2, 0.25) is 0 Å². The monoisotopic (exact) mass is 431 g/mol. The van der Waals surface area contributed by atoms with E-state index in [-0.39, 0.29) is 10.00 Å². The molecule has 1 N–H and O–H groups in total. The van der Waals surface area contributed by atoms with Gasteiger partial charge in [-0.3, -0.25) is 0 Å². The average molecular weight is 432 g/mol. The van der Waals surface area contributed by atoms with E-state index in [1.807, 2.05) is 18.0 Å². The minimum absolute atomic E-state index is 0.156. The fraction of sp³-hybridized carbons (Fsp3) is 0.0667. The number of nitrogens with one attached hydrogen (secondary N) is 1. The second kappa shape index (κ2) is 9.33. The molecule has 156 valence electrons. The van der Waals surface area contributed by atoms with E-state index in [9.17, 15) is 0 Å². The molecular weight excluding hydrogens is 406 g/mol. The third kappa shape index (κ3) is 3.90. The second-order valence-electron chi connectivity index (χ2n) is 7.83. The van der Waals surface area contributed by atoms with Crippen LogP contribution in [0.15, 0.2) is 140 Å². The lowest BCUT2D eigenvalue weighted by atomic mass is 9.84. The maximum atomic E-state index is 3.27. The predicted octanol–water partition coefficient (Wildman–Crippen LogP) is 7.83. The molecule has 4 aromatic carbocycles. The third-order valence-corrected chi connectivity index (χ3v) is 7.70. The topological polar surface area (TPSA) is 15.8 Å². The molecule has 1 unspecified atom stereocenters. The zero-order chi connectivity index (χ0) is 21.6. The van der Waals surface area contributed by atoms with Gasteiger partial charge in [0.15, 0.2) is 0 Å². The molecule has 32 heavy (non-hydrogen) atoms. The van der Waals surface area contributed by atoms with E-state index < -0.39 is 0 Å². The Morgan fingerprint density at radius 2 is 0.938 bits per heavy atom. The van der Waals surface area contributed by atoms with Gasteiger partial charge in [-0.05, 0) is 33.9 Å². The average Bonchev–Trinajstić information content (AvgIpc) is 3.42. The summed E-state index contributed by atoms with van der Waals surface area (Å²) < 4.78 is -0.373. The highest BCUT2D eigenvalue weighted by Crippen LogP contribution is 2.55. The lowest BCUT2D eigenvalue weighted by molar-refractivity contribution is 0.885. The van der Waals surface area contributed by atoms with Crippen molar-refractivity contribution >= 4 is 11.8 Å². The molecule has 0 saturated carbocycles. The predicted molar refractivity (Wildman–Crippen MR) is 136 cm³/mol. The summed E-state index contributed by atoms with van der Waals surface area (Å²) in [5, 5.41) is 0.156. The van der Waals surface area contributed by atoms with Gasteiger partial charge in [-0.15, -0.1) is 11.8 Å². The number of hydrogen-bond donors (Lipinski definition) is 1. The van der Waals surface area contributed by atoms with E-state index in [0.29, 0.717) is 0 Å². The molecule has 2 heteroatoms. The first-order chi connectivity index (χ1) is 15.9. The highest BCUT2D eigenvalue weighted by molar-refractivity contribution is 8.01. The second-order valence-corrected chi connectivity index (χ2v) is 9.15. The van der Waals surface area contributed by atoms with E-state index in [1.165, 1.54) is 27.8 Å². The number of H-pyrrole nitrogens is 1. The van der Waals surface area contributed by atoms with Crippen molar-refractivity contribution in [2.45, 2.75) is 10.00 Å². The molecule has 0 amide bonds. The molecule has 0 saturated heterocycles. The number of aromatic nitrogens is 1. The van der Waals surface area contributed by atoms with E-state index in [2.05, 4.69) is 139 Å². The smallest absolute Gasteiger partial charge is 0.0916 e. The Hall–Kier alpha value is -3.49. The largest absolute Gasteiger partial charge is 0.367 e. The van der Waals surface area contributed by atoms with Crippen LogP contribution in [-0.2, 0) is 4.75 Å². The summed E-state index contributed by atoms with van der Waals surface area (Å²) in [6.45, 7) is 0. The standard InChI is InChI=1S/C30H25NS/c1-5-13-24(14-6-1)29(25-21-22-31-23-25)32-30(26-15-7-2-8-16-26,27-17-9-3-10-18-27)28-19-11-4-12-20-28/h1-23,29,31H. The van der Waals surface area contributed by atoms with Crippen molar-refractivity contribution in [2.75, 3.05) is 0 Å². The summed E-state index contributed by atoms with van der Waals surface area (Å²) in [6, 6.07) is 45.7. The maximum absolute atomic E-state index is 3.27. The van der Waals surface area contributed by atoms with Crippen molar-refractivity contribution in [1.29, 1.82) is 0 Å². The van der Waals surface area contributed by atoms with Crippen molar-refractivity contribution in [3.63, 3.8) is 0 Å². The molecule has 1 atom stereocenters. The van der Waals surface area contributed by atoms with Crippen LogP contribution in [-0.4, -0.2) is 4.98 Å². The normalized spacial score (nSPS) is 12.4. The minimum atomic E-state index is -0.373. The summed E-state index contributed by atoms with van der Waals surface area (Å²) in [5.74, 6) is 0. The molecule has 5 aromatic rings.